The number of nitrogens with one attached hydrogen (secondary N) is 1. The van der Waals surface area contributed by atoms with Crippen molar-refractivity contribution in [2.24, 2.45) is 5.73 Å². The lowest BCUT2D eigenvalue weighted by Gasteiger charge is -2.49. The second-order valence-corrected chi connectivity index (χ2v) is 7.20. The number of nitrogens with zero attached hydrogens (tertiary/aromatic N) is 1. The number of ether oxygens (including phenoxy) is 1. The van der Waals surface area contributed by atoms with E-state index < -0.39 is 0 Å². The van der Waals surface area contributed by atoms with Crippen molar-refractivity contribution < 1.29 is 4.74 Å². The van der Waals surface area contributed by atoms with Crippen LogP contribution in [0.15, 0.2) is 0 Å². The summed E-state index contributed by atoms with van der Waals surface area (Å²) in [6, 6.07) is 0.299. The Hall–Kier alpha value is -0.160. The molecular formula is C14H29N3O. The summed E-state index contributed by atoms with van der Waals surface area (Å²) in [6.07, 6.45) is 3.48. The molecule has 3 unspecified atom stereocenters. The van der Waals surface area contributed by atoms with E-state index in [2.05, 4.69) is 38.0 Å². The number of likely N-dealkylation sites (N-methyl/N-ethyl adjacent to an activating group) is 1. The molecule has 2 aliphatic heterocycles. The minimum atomic E-state index is 0.101. The molecule has 3 atom stereocenters. The zero-order valence-corrected chi connectivity index (χ0v) is 12.3. The summed E-state index contributed by atoms with van der Waals surface area (Å²) < 4.78 is 5.90. The number of morpholine rings is 1. The Balaban J connectivity index is 1.97. The maximum Gasteiger partial charge on any atom is 0.0720 e. The molecule has 2 rings (SSSR count). The lowest BCUT2D eigenvalue weighted by molar-refractivity contribution is -0.0429. The molecule has 0 radical (unpaired) electrons. The molecule has 0 bridgehead atoms. The molecule has 2 heterocycles. The molecule has 0 aromatic heterocycles. The molecule has 0 aromatic rings. The third-order valence-corrected chi connectivity index (χ3v) is 4.15. The second kappa shape index (κ2) is 5.08. The number of hydrogen-bond acceptors (Lipinski definition) is 4. The molecule has 0 saturated carbocycles. The predicted molar refractivity (Wildman–Crippen MR) is 74.7 cm³/mol. The average Bonchev–Trinajstić information content (AvgIpc) is 2.11. The quantitative estimate of drug-likeness (QED) is 0.771. The van der Waals surface area contributed by atoms with E-state index in [1.807, 2.05) is 0 Å². The Bertz CT molecular complexity index is 295. The molecular weight excluding hydrogens is 226 g/mol. The van der Waals surface area contributed by atoms with Crippen molar-refractivity contribution in [3.8, 4) is 0 Å². The van der Waals surface area contributed by atoms with Gasteiger partial charge in [-0.05, 0) is 47.1 Å². The van der Waals surface area contributed by atoms with Crippen LogP contribution in [0.5, 0.6) is 0 Å². The smallest absolute Gasteiger partial charge is 0.0720 e. The van der Waals surface area contributed by atoms with Gasteiger partial charge in [-0.3, -0.25) is 0 Å². The Labute approximate surface area is 111 Å². The van der Waals surface area contributed by atoms with Gasteiger partial charge in [-0.15, -0.1) is 0 Å². The van der Waals surface area contributed by atoms with Crippen molar-refractivity contribution in [2.75, 3.05) is 26.7 Å². The molecule has 4 nitrogen and oxygen atoms in total. The SMILES string of the molecule is CN1CCOC(CC2(C)CC(N)CC(C)(C)N2)C1. The highest BCUT2D eigenvalue weighted by Gasteiger charge is 2.41. The normalized spacial score (nSPS) is 41.8. The molecule has 0 amide bonds. The van der Waals surface area contributed by atoms with Crippen LogP contribution in [-0.4, -0.2) is 54.9 Å². The highest BCUT2D eigenvalue weighted by atomic mass is 16.5. The lowest BCUT2D eigenvalue weighted by atomic mass is 9.76. The zero-order chi connectivity index (χ0) is 13.4. The van der Waals surface area contributed by atoms with Gasteiger partial charge in [0.25, 0.3) is 0 Å². The number of nitrogens with two attached hydrogens (primary N) is 1. The van der Waals surface area contributed by atoms with Crippen LogP contribution in [0.1, 0.15) is 40.0 Å². The maximum absolute atomic E-state index is 6.23. The van der Waals surface area contributed by atoms with Crippen LogP contribution in [0.2, 0.25) is 0 Å². The average molecular weight is 255 g/mol. The van der Waals surface area contributed by atoms with Crippen LogP contribution >= 0.6 is 0 Å². The van der Waals surface area contributed by atoms with Gasteiger partial charge in [-0.1, -0.05) is 0 Å². The van der Waals surface area contributed by atoms with Crippen molar-refractivity contribution in [1.82, 2.24) is 10.2 Å². The largest absolute Gasteiger partial charge is 0.375 e. The van der Waals surface area contributed by atoms with Crippen LogP contribution in [0.4, 0.5) is 0 Å². The summed E-state index contributed by atoms with van der Waals surface area (Å²) in [7, 11) is 2.17. The molecule has 0 aliphatic carbocycles. The van der Waals surface area contributed by atoms with E-state index >= 15 is 0 Å². The molecule has 106 valence electrons. The number of hydrogen-bond donors (Lipinski definition) is 2. The Kier molecular flexibility index (Phi) is 4.02. The predicted octanol–water partition coefficient (Wildman–Crippen LogP) is 0.955. The Morgan fingerprint density at radius 2 is 2.06 bits per heavy atom. The molecule has 2 fully saturated rings. The summed E-state index contributed by atoms with van der Waals surface area (Å²) in [5.41, 5.74) is 6.46. The van der Waals surface area contributed by atoms with Gasteiger partial charge in [0.05, 0.1) is 12.7 Å². The highest BCUT2D eigenvalue weighted by Crippen LogP contribution is 2.32. The fourth-order valence-corrected chi connectivity index (χ4v) is 3.85. The van der Waals surface area contributed by atoms with Gasteiger partial charge in [-0.2, -0.15) is 0 Å². The molecule has 18 heavy (non-hydrogen) atoms. The summed E-state index contributed by atoms with van der Waals surface area (Å²) in [6.45, 7) is 9.73. The van der Waals surface area contributed by atoms with Gasteiger partial charge in [0.2, 0.25) is 0 Å². The molecule has 2 saturated heterocycles. The number of piperidine rings is 1. The first-order chi connectivity index (χ1) is 8.28. The van der Waals surface area contributed by atoms with Crippen LogP contribution in [0.25, 0.3) is 0 Å². The maximum atomic E-state index is 6.23. The van der Waals surface area contributed by atoms with E-state index in [4.69, 9.17) is 10.5 Å². The minimum absolute atomic E-state index is 0.101. The van der Waals surface area contributed by atoms with Crippen molar-refractivity contribution in [3.05, 3.63) is 0 Å². The first-order valence-electron chi connectivity index (χ1n) is 7.13. The van der Waals surface area contributed by atoms with Crippen molar-refractivity contribution >= 4 is 0 Å². The molecule has 0 aromatic carbocycles. The van der Waals surface area contributed by atoms with Crippen LogP contribution in [0, 0.1) is 0 Å². The van der Waals surface area contributed by atoms with Crippen LogP contribution in [-0.2, 0) is 4.74 Å². The third kappa shape index (κ3) is 3.67. The van der Waals surface area contributed by atoms with Crippen molar-refractivity contribution in [2.45, 2.75) is 63.3 Å². The molecule has 0 spiro atoms. The number of rotatable bonds is 2. The molecule has 4 heteroatoms. The zero-order valence-electron chi connectivity index (χ0n) is 12.3. The van der Waals surface area contributed by atoms with Crippen molar-refractivity contribution in [1.29, 1.82) is 0 Å². The Morgan fingerprint density at radius 3 is 2.67 bits per heavy atom. The summed E-state index contributed by atoms with van der Waals surface area (Å²) >= 11 is 0. The van der Waals surface area contributed by atoms with Crippen LogP contribution in [0.3, 0.4) is 0 Å². The van der Waals surface area contributed by atoms with Gasteiger partial charge < -0.3 is 20.7 Å². The molecule has 2 aliphatic rings. The van der Waals surface area contributed by atoms with E-state index in [1.165, 1.54) is 0 Å². The summed E-state index contributed by atoms with van der Waals surface area (Å²) in [5, 5.41) is 3.78. The molecule has 3 N–H and O–H groups in total. The van der Waals surface area contributed by atoms with Gasteiger partial charge in [0.15, 0.2) is 0 Å². The lowest BCUT2D eigenvalue weighted by Crippen LogP contribution is -2.63. The van der Waals surface area contributed by atoms with Crippen molar-refractivity contribution in [3.63, 3.8) is 0 Å². The van der Waals surface area contributed by atoms with E-state index in [0.29, 0.717) is 12.1 Å². The second-order valence-electron chi connectivity index (χ2n) is 7.20. The van der Waals surface area contributed by atoms with Gasteiger partial charge in [-0.25, -0.2) is 0 Å². The third-order valence-electron chi connectivity index (χ3n) is 4.15. The van der Waals surface area contributed by atoms with Crippen LogP contribution < -0.4 is 11.1 Å². The summed E-state index contributed by atoms with van der Waals surface area (Å²) in [4.78, 5) is 2.35. The van der Waals surface area contributed by atoms with Gasteiger partial charge >= 0.3 is 0 Å². The fraction of sp³-hybridized carbons (Fsp3) is 1.00. The Morgan fingerprint density at radius 1 is 1.33 bits per heavy atom. The topological polar surface area (TPSA) is 50.5 Å². The van der Waals surface area contributed by atoms with E-state index in [1.54, 1.807) is 0 Å². The van der Waals surface area contributed by atoms with E-state index in [0.717, 1.165) is 39.0 Å². The monoisotopic (exact) mass is 255 g/mol. The van der Waals surface area contributed by atoms with Gasteiger partial charge in [0, 0.05) is 30.2 Å². The first kappa shape index (κ1) is 14.3. The standard InChI is InChI=1S/C14H29N3O/c1-13(2)7-11(15)8-14(3,16-13)9-12-10-17(4)5-6-18-12/h11-12,16H,5-10,15H2,1-4H3. The van der Waals surface area contributed by atoms with Gasteiger partial charge in [0.1, 0.15) is 0 Å². The fourth-order valence-electron chi connectivity index (χ4n) is 3.85. The minimum Gasteiger partial charge on any atom is -0.375 e. The highest BCUT2D eigenvalue weighted by molar-refractivity contribution is 5.02. The van der Waals surface area contributed by atoms with E-state index in [9.17, 15) is 0 Å². The first-order valence-corrected chi connectivity index (χ1v) is 7.13. The summed E-state index contributed by atoms with van der Waals surface area (Å²) in [5.74, 6) is 0. The van der Waals surface area contributed by atoms with E-state index in [-0.39, 0.29) is 11.1 Å².